The third-order valence-corrected chi connectivity index (χ3v) is 6.01. The Hall–Kier alpha value is -1.88. The van der Waals surface area contributed by atoms with E-state index < -0.39 is 11.8 Å². The summed E-state index contributed by atoms with van der Waals surface area (Å²) in [5, 5.41) is 0. The van der Waals surface area contributed by atoms with Gasteiger partial charge >= 0.3 is 5.97 Å². The smallest absolute Gasteiger partial charge is 0.379 e. The van der Waals surface area contributed by atoms with Crippen LogP contribution in [-0.2, 0) is 14.9 Å². The number of Topliss-reactive ketones (excluding diaryl/α,β-unsaturated/α-hetero) is 1. The minimum Gasteiger partial charge on any atom is -0.460 e. The highest BCUT2D eigenvalue weighted by Crippen LogP contribution is 2.51. The molecule has 1 fully saturated rings. The number of ketones is 1. The highest BCUT2D eigenvalue weighted by Gasteiger charge is 2.52. The fourth-order valence-corrected chi connectivity index (χ4v) is 4.59. The summed E-state index contributed by atoms with van der Waals surface area (Å²) in [5.74, 6) is -1.28. The van der Waals surface area contributed by atoms with Gasteiger partial charge < -0.3 is 9.64 Å². The zero-order valence-electron chi connectivity index (χ0n) is 16.4. The molecule has 0 aliphatic carbocycles. The number of benzene rings is 1. The van der Waals surface area contributed by atoms with Gasteiger partial charge in [0.2, 0.25) is 0 Å². The van der Waals surface area contributed by atoms with Gasteiger partial charge in [0, 0.05) is 30.3 Å². The molecule has 1 aromatic rings. The van der Waals surface area contributed by atoms with Gasteiger partial charge in [-0.2, -0.15) is 0 Å². The van der Waals surface area contributed by atoms with E-state index in [1.165, 1.54) is 0 Å². The van der Waals surface area contributed by atoms with E-state index in [2.05, 4.69) is 37.7 Å². The molecule has 2 aliphatic rings. The SMILES string of the molecule is CCCCCCOC(=O)C(=O)c1ccc2c(c1)C1(C)CCN(C)C1N2C. The van der Waals surface area contributed by atoms with E-state index in [0.29, 0.717) is 18.3 Å². The number of ether oxygens (including phenoxy) is 1. The quantitative estimate of drug-likeness (QED) is 0.324. The molecule has 26 heavy (non-hydrogen) atoms. The van der Waals surface area contributed by atoms with E-state index in [1.807, 2.05) is 12.1 Å². The first kappa shape index (κ1) is 18.9. The Balaban J connectivity index is 1.73. The zero-order chi connectivity index (χ0) is 18.9. The maximum Gasteiger partial charge on any atom is 0.379 e. The zero-order valence-corrected chi connectivity index (χ0v) is 16.4. The van der Waals surface area contributed by atoms with Crippen LogP contribution in [0.2, 0.25) is 0 Å². The number of hydrogen-bond acceptors (Lipinski definition) is 5. The van der Waals surface area contributed by atoms with E-state index in [0.717, 1.165) is 49.9 Å². The van der Waals surface area contributed by atoms with Gasteiger partial charge in [0.05, 0.1) is 12.8 Å². The van der Waals surface area contributed by atoms with Crippen molar-refractivity contribution < 1.29 is 14.3 Å². The van der Waals surface area contributed by atoms with Crippen LogP contribution in [0.3, 0.4) is 0 Å². The van der Waals surface area contributed by atoms with Gasteiger partial charge in [-0.1, -0.05) is 33.1 Å². The second kappa shape index (κ2) is 7.39. The molecule has 142 valence electrons. The average molecular weight is 358 g/mol. The highest BCUT2D eigenvalue weighted by molar-refractivity contribution is 6.40. The lowest BCUT2D eigenvalue weighted by molar-refractivity contribution is -0.138. The third-order valence-electron chi connectivity index (χ3n) is 6.01. The first-order valence-electron chi connectivity index (χ1n) is 9.69. The summed E-state index contributed by atoms with van der Waals surface area (Å²) >= 11 is 0. The van der Waals surface area contributed by atoms with Crippen LogP contribution in [-0.4, -0.2) is 50.1 Å². The molecule has 3 rings (SSSR count). The molecular weight excluding hydrogens is 328 g/mol. The molecule has 0 radical (unpaired) electrons. The number of unbranched alkanes of at least 4 members (excludes halogenated alkanes) is 3. The average Bonchev–Trinajstić information content (AvgIpc) is 3.06. The fourth-order valence-electron chi connectivity index (χ4n) is 4.59. The third kappa shape index (κ3) is 3.13. The van der Waals surface area contributed by atoms with Crippen LogP contribution < -0.4 is 4.90 Å². The van der Waals surface area contributed by atoms with Gasteiger partial charge in [0.1, 0.15) is 0 Å². The second-order valence-electron chi connectivity index (χ2n) is 7.89. The predicted octanol–water partition coefficient (Wildman–Crippen LogP) is 3.36. The molecule has 2 atom stereocenters. The Labute approximate surface area is 156 Å². The van der Waals surface area contributed by atoms with Crippen LogP contribution >= 0.6 is 0 Å². The lowest BCUT2D eigenvalue weighted by Crippen LogP contribution is -2.45. The minimum absolute atomic E-state index is 0.0147. The van der Waals surface area contributed by atoms with E-state index >= 15 is 0 Å². The maximum atomic E-state index is 12.5. The first-order chi connectivity index (χ1) is 12.4. The molecule has 1 saturated heterocycles. The van der Waals surface area contributed by atoms with Crippen molar-refractivity contribution in [2.24, 2.45) is 0 Å². The minimum atomic E-state index is -0.738. The van der Waals surface area contributed by atoms with E-state index in [-0.39, 0.29) is 5.41 Å². The van der Waals surface area contributed by atoms with Crippen LogP contribution in [0.4, 0.5) is 5.69 Å². The monoisotopic (exact) mass is 358 g/mol. The molecule has 0 spiro atoms. The molecule has 1 aromatic carbocycles. The summed E-state index contributed by atoms with van der Waals surface area (Å²) in [7, 11) is 4.24. The number of nitrogens with zero attached hydrogens (tertiary/aromatic N) is 2. The lowest BCUT2D eigenvalue weighted by Gasteiger charge is -2.32. The molecule has 2 unspecified atom stereocenters. The number of anilines is 1. The van der Waals surface area contributed by atoms with Crippen molar-refractivity contribution >= 4 is 17.4 Å². The normalized spacial score (nSPS) is 24.5. The number of rotatable bonds is 7. The number of likely N-dealkylation sites (N-methyl/N-ethyl adjacent to an activating group) is 2. The summed E-state index contributed by atoms with van der Waals surface area (Å²) in [6, 6.07) is 5.63. The van der Waals surface area contributed by atoms with Crippen molar-refractivity contribution in [1.29, 1.82) is 0 Å². The van der Waals surface area contributed by atoms with Gasteiger partial charge in [0.15, 0.2) is 0 Å². The van der Waals surface area contributed by atoms with E-state index in [4.69, 9.17) is 4.74 Å². The molecular formula is C21H30N2O3. The van der Waals surface area contributed by atoms with Crippen LogP contribution in [0.15, 0.2) is 18.2 Å². The molecule has 0 N–H and O–H groups in total. The first-order valence-corrected chi connectivity index (χ1v) is 9.69. The number of fused-ring (bicyclic) bond motifs is 3. The van der Waals surface area contributed by atoms with Crippen molar-refractivity contribution in [2.75, 3.05) is 32.1 Å². The number of likely N-dealkylation sites (tertiary alicyclic amines) is 1. The van der Waals surface area contributed by atoms with Crippen molar-refractivity contribution in [3.63, 3.8) is 0 Å². The van der Waals surface area contributed by atoms with Crippen LogP contribution in [0.5, 0.6) is 0 Å². The van der Waals surface area contributed by atoms with E-state index in [1.54, 1.807) is 6.07 Å². The van der Waals surface area contributed by atoms with Crippen molar-refractivity contribution in [3.05, 3.63) is 29.3 Å². The van der Waals surface area contributed by atoms with Crippen molar-refractivity contribution in [1.82, 2.24) is 4.90 Å². The summed E-state index contributed by atoms with van der Waals surface area (Å²) in [6.45, 7) is 5.74. The van der Waals surface area contributed by atoms with Gasteiger partial charge in [-0.25, -0.2) is 4.79 Å². The Kier molecular flexibility index (Phi) is 5.37. The number of carbonyl (C=O) groups is 2. The lowest BCUT2D eigenvalue weighted by atomic mass is 9.80. The van der Waals surface area contributed by atoms with Gasteiger partial charge in [-0.3, -0.25) is 9.69 Å². The van der Waals surface area contributed by atoms with Gasteiger partial charge in [0.25, 0.3) is 5.78 Å². The molecule has 2 heterocycles. The number of carbonyl (C=O) groups excluding carboxylic acids is 2. The molecule has 0 bridgehead atoms. The summed E-state index contributed by atoms with van der Waals surface area (Å²) < 4.78 is 5.17. The standard InChI is InChI=1S/C21H30N2O3/c1-5-6-7-8-13-26-19(25)18(24)15-9-10-17-16(14-15)21(2)11-12-22(3)20(21)23(17)4/h9-10,14,20H,5-8,11-13H2,1-4H3. The van der Waals surface area contributed by atoms with Crippen LogP contribution in [0.1, 0.15) is 61.9 Å². The van der Waals surface area contributed by atoms with Gasteiger partial charge in [-0.05, 0) is 43.7 Å². The number of hydrogen-bond donors (Lipinski definition) is 0. The number of esters is 1. The Morgan fingerprint density at radius 1 is 1.23 bits per heavy atom. The molecule has 5 heteroatoms. The Morgan fingerprint density at radius 2 is 2.00 bits per heavy atom. The Bertz CT molecular complexity index is 702. The topological polar surface area (TPSA) is 49.9 Å². The van der Waals surface area contributed by atoms with E-state index in [9.17, 15) is 9.59 Å². The molecule has 0 aromatic heterocycles. The molecule has 2 aliphatic heterocycles. The fraction of sp³-hybridized carbons (Fsp3) is 0.619. The summed E-state index contributed by atoms with van der Waals surface area (Å²) in [6.07, 6.45) is 5.44. The molecule has 5 nitrogen and oxygen atoms in total. The largest absolute Gasteiger partial charge is 0.460 e. The van der Waals surface area contributed by atoms with Crippen molar-refractivity contribution in [2.45, 2.75) is 57.5 Å². The maximum absolute atomic E-state index is 12.5. The van der Waals surface area contributed by atoms with Crippen LogP contribution in [0, 0.1) is 0 Å². The van der Waals surface area contributed by atoms with Gasteiger partial charge in [-0.15, -0.1) is 0 Å². The molecule has 0 amide bonds. The predicted molar refractivity (Wildman–Crippen MR) is 103 cm³/mol. The Morgan fingerprint density at radius 3 is 2.73 bits per heavy atom. The summed E-state index contributed by atoms with van der Waals surface area (Å²) in [4.78, 5) is 29.3. The van der Waals surface area contributed by atoms with Crippen LogP contribution in [0.25, 0.3) is 0 Å². The summed E-state index contributed by atoms with van der Waals surface area (Å²) in [5.41, 5.74) is 2.73. The molecule has 0 saturated carbocycles. The highest BCUT2D eigenvalue weighted by atomic mass is 16.5. The van der Waals surface area contributed by atoms with Crippen molar-refractivity contribution in [3.8, 4) is 0 Å². The second-order valence-corrected chi connectivity index (χ2v) is 7.89.